The molecule has 1 rings (SSSR count). The smallest absolute Gasteiger partial charge is 0.127 e. The van der Waals surface area contributed by atoms with Gasteiger partial charge in [-0.05, 0) is 33.3 Å². The number of halogens is 1. The first-order valence-electron chi connectivity index (χ1n) is 4.70. The van der Waals surface area contributed by atoms with Crippen LogP contribution in [0.5, 0.6) is 0 Å². The van der Waals surface area contributed by atoms with Gasteiger partial charge in [-0.2, -0.15) is 5.10 Å². The van der Waals surface area contributed by atoms with E-state index in [9.17, 15) is 0 Å². The van der Waals surface area contributed by atoms with Crippen molar-refractivity contribution in [2.24, 2.45) is 0 Å². The first kappa shape index (κ1) is 10.6. The van der Waals surface area contributed by atoms with Crippen LogP contribution in [0.25, 0.3) is 0 Å². The topological polar surface area (TPSA) is 17.8 Å². The molecule has 74 valence electrons. The predicted octanol–water partition coefficient (Wildman–Crippen LogP) is 3.24. The Balaban J connectivity index is 2.96. The Bertz CT molecular complexity index is 284. The molecular formula is C10H17ClN2. The molecule has 0 saturated heterocycles. The molecule has 2 nitrogen and oxygen atoms in total. The van der Waals surface area contributed by atoms with Crippen molar-refractivity contribution in [3.05, 3.63) is 16.9 Å². The van der Waals surface area contributed by atoms with Gasteiger partial charge in [0, 0.05) is 0 Å². The van der Waals surface area contributed by atoms with Crippen molar-refractivity contribution >= 4 is 11.6 Å². The van der Waals surface area contributed by atoms with E-state index in [1.165, 1.54) is 0 Å². The van der Waals surface area contributed by atoms with Crippen molar-refractivity contribution in [2.45, 2.75) is 46.1 Å². The highest BCUT2D eigenvalue weighted by molar-refractivity contribution is 6.29. The Morgan fingerprint density at radius 2 is 2.08 bits per heavy atom. The molecule has 0 aliphatic carbocycles. The second-order valence-corrected chi connectivity index (χ2v) is 4.68. The van der Waals surface area contributed by atoms with Crippen molar-refractivity contribution in [1.82, 2.24) is 9.78 Å². The van der Waals surface area contributed by atoms with Crippen LogP contribution in [0.3, 0.4) is 0 Å². The number of hydrogen-bond donors (Lipinski definition) is 0. The van der Waals surface area contributed by atoms with E-state index >= 15 is 0 Å². The van der Waals surface area contributed by atoms with E-state index in [0.717, 1.165) is 23.7 Å². The van der Waals surface area contributed by atoms with Gasteiger partial charge in [0.2, 0.25) is 0 Å². The summed E-state index contributed by atoms with van der Waals surface area (Å²) in [4.78, 5) is 0. The van der Waals surface area contributed by atoms with Crippen molar-refractivity contribution in [2.75, 3.05) is 0 Å². The molecule has 0 saturated carbocycles. The van der Waals surface area contributed by atoms with Crippen LogP contribution in [0.2, 0.25) is 5.15 Å². The first-order chi connectivity index (χ1) is 5.95. The van der Waals surface area contributed by atoms with Gasteiger partial charge in [0.15, 0.2) is 0 Å². The van der Waals surface area contributed by atoms with E-state index < -0.39 is 0 Å². The Kier molecular flexibility index (Phi) is 3.01. The van der Waals surface area contributed by atoms with Crippen LogP contribution in [-0.2, 0) is 12.0 Å². The molecule has 1 heterocycles. The van der Waals surface area contributed by atoms with E-state index in [1.54, 1.807) is 0 Å². The Hall–Kier alpha value is -0.500. The maximum absolute atomic E-state index is 6.07. The maximum Gasteiger partial charge on any atom is 0.127 e. The molecule has 0 atom stereocenters. The molecule has 0 fully saturated rings. The third kappa shape index (κ3) is 2.47. The number of aromatic nitrogens is 2. The van der Waals surface area contributed by atoms with Gasteiger partial charge in [-0.25, -0.2) is 4.68 Å². The zero-order valence-corrected chi connectivity index (χ0v) is 9.52. The summed E-state index contributed by atoms with van der Waals surface area (Å²) < 4.78 is 1.87. The van der Waals surface area contributed by atoms with Crippen LogP contribution in [0.15, 0.2) is 6.07 Å². The van der Waals surface area contributed by atoms with Gasteiger partial charge in [-0.1, -0.05) is 24.9 Å². The molecule has 1 aromatic rings. The molecule has 3 heteroatoms. The fourth-order valence-electron chi connectivity index (χ4n) is 1.25. The summed E-state index contributed by atoms with van der Waals surface area (Å²) in [6, 6.07) is 1.95. The fraction of sp³-hybridized carbons (Fsp3) is 0.700. The molecule has 0 unspecified atom stereocenters. The van der Waals surface area contributed by atoms with Gasteiger partial charge >= 0.3 is 0 Å². The van der Waals surface area contributed by atoms with Crippen LogP contribution in [0, 0.1) is 0 Å². The summed E-state index contributed by atoms with van der Waals surface area (Å²) in [5.41, 5.74) is 1.06. The van der Waals surface area contributed by atoms with Crippen LogP contribution in [-0.4, -0.2) is 9.78 Å². The average Bonchev–Trinajstić information content (AvgIpc) is 2.30. The van der Waals surface area contributed by atoms with E-state index in [2.05, 4.69) is 32.8 Å². The number of nitrogens with zero attached hydrogens (tertiary/aromatic N) is 2. The van der Waals surface area contributed by atoms with Crippen LogP contribution >= 0.6 is 11.6 Å². The van der Waals surface area contributed by atoms with Crippen molar-refractivity contribution in [3.8, 4) is 0 Å². The Morgan fingerprint density at radius 1 is 1.46 bits per heavy atom. The molecule has 0 amide bonds. The molecule has 13 heavy (non-hydrogen) atoms. The van der Waals surface area contributed by atoms with E-state index in [1.807, 2.05) is 10.7 Å². The zero-order valence-electron chi connectivity index (χ0n) is 8.76. The SMILES string of the molecule is CCCc1cc(Cl)n(C(C)(C)C)n1. The summed E-state index contributed by atoms with van der Waals surface area (Å²) in [5.74, 6) is 0. The summed E-state index contributed by atoms with van der Waals surface area (Å²) in [6.45, 7) is 8.44. The van der Waals surface area contributed by atoms with E-state index in [-0.39, 0.29) is 5.54 Å². The average molecular weight is 201 g/mol. The predicted molar refractivity (Wildman–Crippen MR) is 56.2 cm³/mol. The minimum atomic E-state index is -0.0247. The highest BCUT2D eigenvalue weighted by Gasteiger charge is 2.17. The lowest BCUT2D eigenvalue weighted by Crippen LogP contribution is -2.23. The van der Waals surface area contributed by atoms with Crippen molar-refractivity contribution < 1.29 is 0 Å². The highest BCUT2D eigenvalue weighted by Crippen LogP contribution is 2.21. The fourth-order valence-corrected chi connectivity index (χ4v) is 1.67. The maximum atomic E-state index is 6.07. The lowest BCUT2D eigenvalue weighted by atomic mass is 10.1. The zero-order chi connectivity index (χ0) is 10.1. The van der Waals surface area contributed by atoms with E-state index in [4.69, 9.17) is 11.6 Å². The van der Waals surface area contributed by atoms with Gasteiger partial charge in [-0.3, -0.25) is 0 Å². The second kappa shape index (κ2) is 3.70. The number of aryl methyl sites for hydroxylation is 1. The molecular weight excluding hydrogens is 184 g/mol. The van der Waals surface area contributed by atoms with Crippen LogP contribution in [0.4, 0.5) is 0 Å². The minimum absolute atomic E-state index is 0.0247. The molecule has 0 aromatic carbocycles. The summed E-state index contributed by atoms with van der Waals surface area (Å²) in [7, 11) is 0. The summed E-state index contributed by atoms with van der Waals surface area (Å²) in [6.07, 6.45) is 2.11. The van der Waals surface area contributed by atoms with E-state index in [0.29, 0.717) is 0 Å². The van der Waals surface area contributed by atoms with Gasteiger partial charge < -0.3 is 0 Å². The van der Waals surface area contributed by atoms with Gasteiger partial charge in [-0.15, -0.1) is 0 Å². The molecule has 0 bridgehead atoms. The third-order valence-electron chi connectivity index (χ3n) is 1.86. The number of rotatable bonds is 2. The quantitative estimate of drug-likeness (QED) is 0.717. The second-order valence-electron chi connectivity index (χ2n) is 4.29. The minimum Gasteiger partial charge on any atom is -0.249 e. The number of hydrogen-bond acceptors (Lipinski definition) is 1. The van der Waals surface area contributed by atoms with Crippen molar-refractivity contribution in [3.63, 3.8) is 0 Å². The monoisotopic (exact) mass is 200 g/mol. The van der Waals surface area contributed by atoms with Crippen LogP contribution in [0.1, 0.15) is 39.8 Å². The van der Waals surface area contributed by atoms with Gasteiger partial charge in [0.25, 0.3) is 0 Å². The molecule has 1 aromatic heterocycles. The lowest BCUT2D eigenvalue weighted by molar-refractivity contribution is 0.354. The van der Waals surface area contributed by atoms with Crippen LogP contribution < -0.4 is 0 Å². The normalized spacial score (nSPS) is 12.1. The highest BCUT2D eigenvalue weighted by atomic mass is 35.5. The summed E-state index contributed by atoms with van der Waals surface area (Å²) >= 11 is 6.07. The third-order valence-corrected chi connectivity index (χ3v) is 2.13. The van der Waals surface area contributed by atoms with Gasteiger partial charge in [0.1, 0.15) is 5.15 Å². The molecule has 0 spiro atoms. The standard InChI is InChI=1S/C10H17ClN2/c1-5-6-8-7-9(11)13(12-8)10(2,3)4/h7H,5-6H2,1-4H3. The molecule has 0 N–H and O–H groups in total. The molecule has 0 aliphatic heterocycles. The first-order valence-corrected chi connectivity index (χ1v) is 5.08. The lowest BCUT2D eigenvalue weighted by Gasteiger charge is -2.20. The molecule has 0 radical (unpaired) electrons. The summed E-state index contributed by atoms with van der Waals surface area (Å²) in [5, 5.41) is 5.19. The Morgan fingerprint density at radius 3 is 2.46 bits per heavy atom. The Labute approximate surface area is 84.9 Å². The largest absolute Gasteiger partial charge is 0.249 e. The molecule has 0 aliphatic rings. The van der Waals surface area contributed by atoms with Crippen molar-refractivity contribution in [1.29, 1.82) is 0 Å². The van der Waals surface area contributed by atoms with Gasteiger partial charge in [0.05, 0.1) is 11.2 Å².